The van der Waals surface area contributed by atoms with Gasteiger partial charge >= 0.3 is 0 Å². The van der Waals surface area contributed by atoms with Crippen molar-refractivity contribution in [1.29, 1.82) is 0 Å². The van der Waals surface area contributed by atoms with E-state index in [0.717, 1.165) is 0 Å². The molecule has 0 N–H and O–H groups in total. The summed E-state index contributed by atoms with van der Waals surface area (Å²) in [4.78, 5) is 0. The SMILES string of the molecule is CCCCCCCc1c(C)ccc2ccccc12. The highest BCUT2D eigenvalue weighted by Crippen LogP contribution is 2.24. The van der Waals surface area contributed by atoms with Gasteiger partial charge in [-0.25, -0.2) is 0 Å². The van der Waals surface area contributed by atoms with Gasteiger partial charge in [0, 0.05) is 0 Å². The summed E-state index contributed by atoms with van der Waals surface area (Å²) in [6.45, 7) is 4.52. The van der Waals surface area contributed by atoms with Crippen molar-refractivity contribution in [3.63, 3.8) is 0 Å². The fourth-order valence-electron chi connectivity index (χ4n) is 2.68. The molecule has 0 heterocycles. The molecule has 0 heteroatoms. The fourth-order valence-corrected chi connectivity index (χ4v) is 2.68. The Morgan fingerprint density at radius 1 is 0.833 bits per heavy atom. The Morgan fingerprint density at radius 2 is 1.61 bits per heavy atom. The lowest BCUT2D eigenvalue weighted by Gasteiger charge is -2.10. The quantitative estimate of drug-likeness (QED) is 0.571. The van der Waals surface area contributed by atoms with Crippen LogP contribution in [0.1, 0.15) is 50.2 Å². The van der Waals surface area contributed by atoms with Gasteiger partial charge in [-0.05, 0) is 41.7 Å². The van der Waals surface area contributed by atoms with Crippen molar-refractivity contribution in [2.75, 3.05) is 0 Å². The van der Waals surface area contributed by atoms with E-state index in [1.54, 1.807) is 5.56 Å². The maximum Gasteiger partial charge on any atom is -0.0149 e. The first-order valence-electron chi connectivity index (χ1n) is 7.30. The molecule has 0 aromatic heterocycles. The zero-order valence-electron chi connectivity index (χ0n) is 11.7. The van der Waals surface area contributed by atoms with Gasteiger partial charge in [-0.3, -0.25) is 0 Å². The average Bonchev–Trinajstić information content (AvgIpc) is 2.41. The molecule has 2 rings (SSSR count). The van der Waals surface area contributed by atoms with Crippen LogP contribution in [0, 0.1) is 6.92 Å². The fraction of sp³-hybridized carbons (Fsp3) is 0.444. The summed E-state index contributed by atoms with van der Waals surface area (Å²) >= 11 is 0. The van der Waals surface area contributed by atoms with Crippen LogP contribution < -0.4 is 0 Å². The Labute approximate surface area is 111 Å². The van der Waals surface area contributed by atoms with Crippen molar-refractivity contribution >= 4 is 10.8 Å². The van der Waals surface area contributed by atoms with Crippen molar-refractivity contribution in [2.24, 2.45) is 0 Å². The lowest BCUT2D eigenvalue weighted by atomic mass is 9.95. The number of fused-ring (bicyclic) bond motifs is 1. The highest BCUT2D eigenvalue weighted by molar-refractivity contribution is 5.86. The third-order valence-corrected chi connectivity index (χ3v) is 3.81. The maximum absolute atomic E-state index is 2.27. The second-order valence-corrected chi connectivity index (χ2v) is 5.25. The molecule has 0 bridgehead atoms. The van der Waals surface area contributed by atoms with E-state index >= 15 is 0 Å². The van der Waals surface area contributed by atoms with E-state index in [0.29, 0.717) is 0 Å². The Balaban J connectivity index is 2.09. The first-order chi connectivity index (χ1) is 8.83. The van der Waals surface area contributed by atoms with Crippen LogP contribution in [0.4, 0.5) is 0 Å². The molecule has 0 saturated carbocycles. The summed E-state index contributed by atoms with van der Waals surface area (Å²) in [6.07, 6.45) is 8.03. The van der Waals surface area contributed by atoms with Crippen molar-refractivity contribution in [3.05, 3.63) is 47.5 Å². The number of hydrogen-bond acceptors (Lipinski definition) is 0. The van der Waals surface area contributed by atoms with Gasteiger partial charge in [0.25, 0.3) is 0 Å². The largest absolute Gasteiger partial charge is 0.0654 e. The van der Waals surface area contributed by atoms with Crippen LogP contribution in [-0.4, -0.2) is 0 Å². The molecule has 0 spiro atoms. The molecule has 18 heavy (non-hydrogen) atoms. The smallest absolute Gasteiger partial charge is 0.0149 e. The first kappa shape index (κ1) is 13.1. The molecule has 0 fully saturated rings. The topological polar surface area (TPSA) is 0 Å². The first-order valence-corrected chi connectivity index (χ1v) is 7.30. The van der Waals surface area contributed by atoms with Crippen molar-refractivity contribution < 1.29 is 0 Å². The third kappa shape index (κ3) is 3.13. The van der Waals surface area contributed by atoms with Crippen LogP contribution in [0.5, 0.6) is 0 Å². The molecule has 0 aliphatic carbocycles. The second-order valence-electron chi connectivity index (χ2n) is 5.25. The molecule has 96 valence electrons. The number of rotatable bonds is 6. The minimum Gasteiger partial charge on any atom is -0.0654 e. The molecule has 0 atom stereocenters. The molecule has 0 radical (unpaired) electrons. The van der Waals surface area contributed by atoms with E-state index in [2.05, 4.69) is 50.2 Å². The Hall–Kier alpha value is -1.30. The highest BCUT2D eigenvalue weighted by Gasteiger charge is 2.03. The van der Waals surface area contributed by atoms with Gasteiger partial charge in [-0.15, -0.1) is 0 Å². The Morgan fingerprint density at radius 3 is 2.44 bits per heavy atom. The number of unbranched alkanes of at least 4 members (excludes halogenated alkanes) is 4. The van der Waals surface area contributed by atoms with E-state index in [1.807, 2.05) is 0 Å². The van der Waals surface area contributed by atoms with Crippen LogP contribution in [0.2, 0.25) is 0 Å². The lowest BCUT2D eigenvalue weighted by molar-refractivity contribution is 0.632. The number of hydrogen-bond donors (Lipinski definition) is 0. The van der Waals surface area contributed by atoms with E-state index < -0.39 is 0 Å². The zero-order valence-corrected chi connectivity index (χ0v) is 11.7. The van der Waals surface area contributed by atoms with Crippen molar-refractivity contribution in [2.45, 2.75) is 52.4 Å². The molecular formula is C18H24. The van der Waals surface area contributed by atoms with Gasteiger partial charge in [0.05, 0.1) is 0 Å². The van der Waals surface area contributed by atoms with E-state index in [4.69, 9.17) is 0 Å². The summed E-state index contributed by atoms with van der Waals surface area (Å²) in [7, 11) is 0. The third-order valence-electron chi connectivity index (χ3n) is 3.81. The van der Waals surface area contributed by atoms with E-state index in [-0.39, 0.29) is 0 Å². The molecule has 0 aliphatic heterocycles. The average molecular weight is 240 g/mol. The normalized spacial score (nSPS) is 11.0. The van der Waals surface area contributed by atoms with E-state index in [1.165, 1.54) is 54.9 Å². The van der Waals surface area contributed by atoms with Gasteiger partial charge in [0.1, 0.15) is 0 Å². The van der Waals surface area contributed by atoms with Gasteiger partial charge in [0.2, 0.25) is 0 Å². The molecule has 0 nitrogen and oxygen atoms in total. The number of aryl methyl sites for hydroxylation is 2. The Bertz CT molecular complexity index is 496. The monoisotopic (exact) mass is 240 g/mol. The van der Waals surface area contributed by atoms with Gasteiger partial charge < -0.3 is 0 Å². The minimum absolute atomic E-state index is 1.23. The number of benzene rings is 2. The highest BCUT2D eigenvalue weighted by atomic mass is 14.1. The summed E-state index contributed by atoms with van der Waals surface area (Å²) < 4.78 is 0. The molecule has 2 aromatic carbocycles. The second kappa shape index (κ2) is 6.58. The summed E-state index contributed by atoms with van der Waals surface area (Å²) in [6, 6.07) is 13.3. The predicted molar refractivity (Wildman–Crippen MR) is 81.1 cm³/mol. The summed E-state index contributed by atoms with van der Waals surface area (Å²) in [5.41, 5.74) is 3.01. The van der Waals surface area contributed by atoms with Crippen LogP contribution in [0.15, 0.2) is 36.4 Å². The molecular weight excluding hydrogens is 216 g/mol. The molecule has 2 aromatic rings. The van der Waals surface area contributed by atoms with Crippen LogP contribution in [0.25, 0.3) is 10.8 Å². The maximum atomic E-state index is 2.27. The molecule has 0 aliphatic rings. The molecule has 0 amide bonds. The van der Waals surface area contributed by atoms with Gasteiger partial charge in [-0.2, -0.15) is 0 Å². The molecule has 0 saturated heterocycles. The summed E-state index contributed by atoms with van der Waals surface area (Å²) in [5.74, 6) is 0. The van der Waals surface area contributed by atoms with Crippen LogP contribution in [-0.2, 0) is 6.42 Å². The van der Waals surface area contributed by atoms with Crippen LogP contribution in [0.3, 0.4) is 0 Å². The Kier molecular flexibility index (Phi) is 4.81. The van der Waals surface area contributed by atoms with E-state index in [9.17, 15) is 0 Å². The minimum atomic E-state index is 1.23. The van der Waals surface area contributed by atoms with Crippen LogP contribution >= 0.6 is 0 Å². The lowest BCUT2D eigenvalue weighted by Crippen LogP contribution is -1.92. The summed E-state index contributed by atoms with van der Waals surface area (Å²) in [5, 5.41) is 2.83. The van der Waals surface area contributed by atoms with Gasteiger partial charge in [0.15, 0.2) is 0 Å². The van der Waals surface area contributed by atoms with Crippen molar-refractivity contribution in [3.8, 4) is 0 Å². The molecule has 0 unspecified atom stereocenters. The predicted octanol–water partition coefficient (Wildman–Crippen LogP) is 5.66. The zero-order chi connectivity index (χ0) is 12.8. The van der Waals surface area contributed by atoms with Gasteiger partial charge in [-0.1, -0.05) is 69.0 Å². The van der Waals surface area contributed by atoms with Crippen molar-refractivity contribution in [1.82, 2.24) is 0 Å². The standard InChI is InChI=1S/C18H24/c1-3-4-5-6-7-11-17-15(2)13-14-16-10-8-9-12-18(16)17/h8-10,12-14H,3-7,11H2,1-2H3.